The van der Waals surface area contributed by atoms with E-state index in [-0.39, 0.29) is 0 Å². The molecule has 0 spiro atoms. The van der Waals surface area contributed by atoms with Crippen LogP contribution in [0.2, 0.25) is 5.02 Å². The van der Waals surface area contributed by atoms with E-state index >= 15 is 0 Å². The minimum absolute atomic E-state index is 0.457. The van der Waals surface area contributed by atoms with Gasteiger partial charge in [0.05, 0.1) is 0 Å². The van der Waals surface area contributed by atoms with Gasteiger partial charge in [0.2, 0.25) is 0 Å². The third kappa shape index (κ3) is 3.79. The quantitative estimate of drug-likeness (QED) is 0.801. The first-order chi connectivity index (χ1) is 12.7. The van der Waals surface area contributed by atoms with Gasteiger partial charge in [-0.15, -0.1) is 0 Å². The fraction of sp³-hybridized carbons (Fsp3) is 0.273. The zero-order valence-corrected chi connectivity index (χ0v) is 15.6. The van der Waals surface area contributed by atoms with E-state index in [0.29, 0.717) is 6.04 Å². The number of benzene rings is 2. The highest BCUT2D eigenvalue weighted by molar-refractivity contribution is 6.31. The van der Waals surface area contributed by atoms with Crippen LogP contribution >= 0.6 is 11.6 Å². The van der Waals surface area contributed by atoms with Crippen LogP contribution in [-0.2, 0) is 6.54 Å². The third-order valence-electron chi connectivity index (χ3n) is 5.13. The van der Waals surface area contributed by atoms with Crippen LogP contribution in [0.4, 0.5) is 5.69 Å². The summed E-state index contributed by atoms with van der Waals surface area (Å²) in [4.78, 5) is 2.49. The van der Waals surface area contributed by atoms with Crippen molar-refractivity contribution in [1.29, 1.82) is 0 Å². The average molecular weight is 366 g/mol. The largest absolute Gasteiger partial charge is 0.381 e. The molecule has 0 aromatic heterocycles. The number of piperidine rings is 1. The van der Waals surface area contributed by atoms with Gasteiger partial charge in [-0.25, -0.2) is 0 Å². The zero-order valence-electron chi connectivity index (χ0n) is 14.8. The maximum absolute atomic E-state index is 6.33. The molecule has 26 heavy (non-hydrogen) atoms. The fourth-order valence-corrected chi connectivity index (χ4v) is 3.99. The predicted octanol–water partition coefficient (Wildman–Crippen LogP) is 4.96. The Hall–Kier alpha value is -2.23. The van der Waals surface area contributed by atoms with Crippen LogP contribution in [-0.4, -0.2) is 24.0 Å². The maximum atomic E-state index is 6.33. The molecule has 2 aliphatic rings. The molecule has 2 N–H and O–H groups in total. The lowest BCUT2D eigenvalue weighted by Gasteiger charge is -2.34. The van der Waals surface area contributed by atoms with Gasteiger partial charge in [-0.1, -0.05) is 42.4 Å². The summed E-state index contributed by atoms with van der Waals surface area (Å²) in [5, 5.41) is 7.74. The molecule has 1 unspecified atom stereocenters. The first-order valence-electron chi connectivity index (χ1n) is 9.18. The van der Waals surface area contributed by atoms with Crippen molar-refractivity contribution in [2.45, 2.75) is 25.4 Å². The Morgan fingerprint density at radius 2 is 2.12 bits per heavy atom. The van der Waals surface area contributed by atoms with Gasteiger partial charge in [-0.05, 0) is 54.8 Å². The van der Waals surface area contributed by atoms with E-state index in [4.69, 9.17) is 11.6 Å². The van der Waals surface area contributed by atoms with Gasteiger partial charge in [0.25, 0.3) is 0 Å². The summed E-state index contributed by atoms with van der Waals surface area (Å²) in [6, 6.07) is 15.1. The van der Waals surface area contributed by atoms with Crippen molar-refractivity contribution in [2.75, 3.05) is 18.4 Å². The first kappa shape index (κ1) is 17.2. The zero-order chi connectivity index (χ0) is 17.9. The van der Waals surface area contributed by atoms with Crippen LogP contribution < -0.4 is 10.6 Å². The van der Waals surface area contributed by atoms with Crippen LogP contribution in [0.3, 0.4) is 0 Å². The molecule has 1 atom stereocenters. The van der Waals surface area contributed by atoms with E-state index in [1.807, 2.05) is 18.3 Å². The Bertz CT molecular complexity index is 843. The van der Waals surface area contributed by atoms with Crippen LogP contribution in [0.5, 0.6) is 0 Å². The van der Waals surface area contributed by atoms with E-state index < -0.39 is 0 Å². The fourth-order valence-electron chi connectivity index (χ4n) is 3.80. The van der Waals surface area contributed by atoms with Gasteiger partial charge in [0.1, 0.15) is 0 Å². The minimum atomic E-state index is 0.457. The number of nitrogens with one attached hydrogen (secondary N) is 2. The molecule has 4 heteroatoms. The summed E-state index contributed by atoms with van der Waals surface area (Å²) < 4.78 is 0. The van der Waals surface area contributed by atoms with Crippen molar-refractivity contribution in [1.82, 2.24) is 10.2 Å². The molecule has 2 heterocycles. The highest BCUT2D eigenvalue weighted by Crippen LogP contribution is 2.26. The summed E-state index contributed by atoms with van der Waals surface area (Å²) in [5.74, 6) is 0. The van der Waals surface area contributed by atoms with Crippen molar-refractivity contribution in [2.24, 2.45) is 0 Å². The molecule has 0 saturated carbocycles. The minimum Gasteiger partial charge on any atom is -0.381 e. The number of rotatable bonds is 4. The molecular weight excluding hydrogens is 342 g/mol. The van der Waals surface area contributed by atoms with Crippen LogP contribution in [0.15, 0.2) is 55.2 Å². The van der Waals surface area contributed by atoms with E-state index in [1.165, 1.54) is 35.2 Å². The second-order valence-corrected chi connectivity index (χ2v) is 7.48. The monoisotopic (exact) mass is 365 g/mol. The molecule has 1 fully saturated rings. The molecule has 4 rings (SSSR count). The summed E-state index contributed by atoms with van der Waals surface area (Å²) in [6.07, 6.45) is 6.44. The van der Waals surface area contributed by atoms with Crippen LogP contribution in [0.25, 0.3) is 11.8 Å². The molecule has 0 aliphatic carbocycles. The number of anilines is 1. The lowest BCUT2D eigenvalue weighted by molar-refractivity contribution is 0.208. The Morgan fingerprint density at radius 1 is 1.23 bits per heavy atom. The lowest BCUT2D eigenvalue weighted by atomic mass is 10.0. The molecule has 3 nitrogen and oxygen atoms in total. The first-order valence-corrected chi connectivity index (χ1v) is 9.55. The standard InChI is InChI=1S/C22H24ClN3/c1-16-21-9-8-19(13-17(21)10-11-24-16)25-20-6-4-12-26(15-20)14-18-5-2-3-7-22(18)23/h2-3,5,7-11,13,20,24-25H,1,4,6,12,14-15H2. The molecule has 1 saturated heterocycles. The number of hydrogen-bond acceptors (Lipinski definition) is 3. The second kappa shape index (κ2) is 7.56. The van der Waals surface area contributed by atoms with Crippen LogP contribution in [0, 0.1) is 0 Å². The van der Waals surface area contributed by atoms with Gasteiger partial charge >= 0.3 is 0 Å². The third-order valence-corrected chi connectivity index (χ3v) is 5.49. The molecule has 2 aromatic rings. The molecule has 0 bridgehead atoms. The van der Waals surface area contributed by atoms with Crippen molar-refractivity contribution < 1.29 is 0 Å². The molecule has 2 aliphatic heterocycles. The van der Waals surface area contributed by atoms with E-state index in [1.54, 1.807) is 0 Å². The topological polar surface area (TPSA) is 27.3 Å². The highest BCUT2D eigenvalue weighted by atomic mass is 35.5. The molecule has 2 aromatic carbocycles. The number of hydrogen-bond donors (Lipinski definition) is 2. The SMILES string of the molecule is C=C1NC=Cc2cc(NC3CCCN(Cc4ccccc4Cl)C3)ccc21. The Balaban J connectivity index is 1.42. The van der Waals surface area contributed by atoms with Crippen molar-refractivity contribution in [3.8, 4) is 0 Å². The van der Waals surface area contributed by atoms with Gasteiger partial charge in [-0.3, -0.25) is 4.90 Å². The molecular formula is C22H24ClN3. The smallest absolute Gasteiger partial charge is 0.0451 e. The normalized spacial score (nSPS) is 19.7. The number of nitrogens with zero attached hydrogens (tertiary/aromatic N) is 1. The number of likely N-dealkylation sites (tertiary alicyclic amines) is 1. The Labute approximate surface area is 160 Å². The van der Waals surface area contributed by atoms with Gasteiger partial charge in [0, 0.05) is 47.3 Å². The van der Waals surface area contributed by atoms with Crippen molar-refractivity contribution in [3.05, 3.63) is 77.0 Å². The van der Waals surface area contributed by atoms with Crippen molar-refractivity contribution in [3.63, 3.8) is 0 Å². The number of fused-ring (bicyclic) bond motifs is 1. The average Bonchev–Trinajstić information content (AvgIpc) is 2.64. The summed E-state index contributed by atoms with van der Waals surface area (Å²) >= 11 is 6.33. The second-order valence-electron chi connectivity index (χ2n) is 7.07. The van der Waals surface area contributed by atoms with Crippen molar-refractivity contribution >= 4 is 29.1 Å². The Kier molecular flexibility index (Phi) is 5.00. The highest BCUT2D eigenvalue weighted by Gasteiger charge is 2.21. The molecule has 0 amide bonds. The number of halogens is 1. The van der Waals surface area contributed by atoms with E-state index in [9.17, 15) is 0 Å². The lowest BCUT2D eigenvalue weighted by Crippen LogP contribution is -2.41. The summed E-state index contributed by atoms with van der Waals surface area (Å²) in [5.41, 5.74) is 5.72. The van der Waals surface area contributed by atoms with E-state index in [2.05, 4.69) is 58.5 Å². The van der Waals surface area contributed by atoms with Gasteiger partial charge < -0.3 is 10.6 Å². The Morgan fingerprint density at radius 3 is 3.00 bits per heavy atom. The predicted molar refractivity (Wildman–Crippen MR) is 111 cm³/mol. The van der Waals surface area contributed by atoms with Gasteiger partial charge in [-0.2, -0.15) is 0 Å². The molecule has 134 valence electrons. The summed E-state index contributed by atoms with van der Waals surface area (Å²) in [6.45, 7) is 7.13. The molecule has 0 radical (unpaired) electrons. The summed E-state index contributed by atoms with van der Waals surface area (Å²) in [7, 11) is 0. The van der Waals surface area contributed by atoms with Crippen LogP contribution in [0.1, 0.15) is 29.5 Å². The van der Waals surface area contributed by atoms with E-state index in [0.717, 1.165) is 30.4 Å². The van der Waals surface area contributed by atoms with Gasteiger partial charge in [0.15, 0.2) is 0 Å². The maximum Gasteiger partial charge on any atom is 0.0451 e.